The van der Waals surface area contributed by atoms with E-state index in [1.165, 1.54) is 12.3 Å². The number of aryl methyl sites for hydroxylation is 2. The van der Waals surface area contributed by atoms with Gasteiger partial charge in [-0.15, -0.1) is 0 Å². The first-order chi connectivity index (χ1) is 10.5. The van der Waals surface area contributed by atoms with E-state index in [-0.39, 0.29) is 12.3 Å². The number of aromatic amines is 1. The van der Waals surface area contributed by atoms with Crippen molar-refractivity contribution in [2.45, 2.75) is 20.3 Å². The molecular formula is C15H14N4O3. The predicted octanol–water partition coefficient (Wildman–Crippen LogP) is 1.71. The molecule has 2 heterocycles. The molecule has 0 spiro atoms. The Morgan fingerprint density at radius 2 is 2.09 bits per heavy atom. The first kappa shape index (κ1) is 14.0. The van der Waals surface area contributed by atoms with E-state index in [2.05, 4.69) is 20.4 Å². The third-order valence-electron chi connectivity index (χ3n) is 3.44. The molecule has 1 amide bonds. The van der Waals surface area contributed by atoms with Gasteiger partial charge in [-0.3, -0.25) is 9.78 Å². The average Bonchev–Trinajstić information content (AvgIpc) is 2.81. The molecule has 1 aromatic carbocycles. The zero-order valence-corrected chi connectivity index (χ0v) is 12.1. The molecule has 22 heavy (non-hydrogen) atoms. The highest BCUT2D eigenvalue weighted by Crippen LogP contribution is 2.23. The summed E-state index contributed by atoms with van der Waals surface area (Å²) in [7, 11) is 0. The molecular weight excluding hydrogens is 284 g/mol. The van der Waals surface area contributed by atoms with Crippen LogP contribution in [0, 0.1) is 13.8 Å². The maximum Gasteiger partial charge on any atom is 0.346 e. The molecule has 0 aliphatic heterocycles. The first-order valence-electron chi connectivity index (χ1n) is 6.73. The van der Waals surface area contributed by atoms with E-state index in [1.807, 2.05) is 26.0 Å². The standard InChI is InChI=1S/C15H14N4O3/c1-8-5-10-11(19-22-12(10)6-9(8)2)7-14(20)17-13-3-4-16-15(21)18-13/h3-6H,7H2,1-2H3,(H2,16,17,18,20,21). The van der Waals surface area contributed by atoms with Crippen LogP contribution in [0.2, 0.25) is 0 Å². The van der Waals surface area contributed by atoms with Crippen LogP contribution in [0.3, 0.4) is 0 Å². The third-order valence-corrected chi connectivity index (χ3v) is 3.44. The molecule has 2 aromatic heterocycles. The van der Waals surface area contributed by atoms with Gasteiger partial charge in [0.05, 0.1) is 6.42 Å². The molecule has 0 unspecified atom stereocenters. The van der Waals surface area contributed by atoms with E-state index in [0.29, 0.717) is 17.1 Å². The molecule has 0 aliphatic rings. The number of benzene rings is 1. The maximum absolute atomic E-state index is 12.1. The zero-order chi connectivity index (χ0) is 15.7. The Kier molecular flexibility index (Phi) is 3.46. The number of carbonyl (C=O) groups excluding carboxylic acids is 1. The van der Waals surface area contributed by atoms with Gasteiger partial charge in [0.25, 0.3) is 0 Å². The van der Waals surface area contributed by atoms with Gasteiger partial charge in [0.2, 0.25) is 5.91 Å². The fourth-order valence-corrected chi connectivity index (χ4v) is 2.16. The van der Waals surface area contributed by atoms with Gasteiger partial charge in [-0.25, -0.2) is 9.78 Å². The van der Waals surface area contributed by atoms with Crippen LogP contribution in [-0.2, 0) is 11.2 Å². The molecule has 7 nitrogen and oxygen atoms in total. The van der Waals surface area contributed by atoms with Gasteiger partial charge >= 0.3 is 5.69 Å². The number of carbonyl (C=O) groups is 1. The lowest BCUT2D eigenvalue weighted by Gasteiger charge is -2.03. The topological polar surface area (TPSA) is 101 Å². The molecule has 3 rings (SSSR count). The van der Waals surface area contributed by atoms with Crippen molar-refractivity contribution in [1.29, 1.82) is 0 Å². The smallest absolute Gasteiger partial charge is 0.346 e. The van der Waals surface area contributed by atoms with Crippen LogP contribution in [0.1, 0.15) is 16.8 Å². The van der Waals surface area contributed by atoms with Crippen LogP contribution in [0.4, 0.5) is 5.82 Å². The average molecular weight is 298 g/mol. The Morgan fingerprint density at radius 3 is 2.86 bits per heavy atom. The van der Waals surface area contributed by atoms with Crippen molar-refractivity contribution >= 4 is 22.7 Å². The van der Waals surface area contributed by atoms with Crippen LogP contribution in [-0.4, -0.2) is 21.0 Å². The van der Waals surface area contributed by atoms with Gasteiger partial charge in [-0.1, -0.05) is 5.16 Å². The van der Waals surface area contributed by atoms with E-state index < -0.39 is 5.69 Å². The Bertz CT molecular complexity index is 911. The monoisotopic (exact) mass is 298 g/mol. The van der Waals surface area contributed by atoms with Gasteiger partial charge in [0.15, 0.2) is 5.58 Å². The van der Waals surface area contributed by atoms with Crippen LogP contribution in [0.15, 0.2) is 33.7 Å². The van der Waals surface area contributed by atoms with Crippen molar-refractivity contribution in [2.75, 3.05) is 5.32 Å². The number of H-pyrrole nitrogens is 1. The summed E-state index contributed by atoms with van der Waals surface area (Å²) in [6, 6.07) is 5.37. The molecule has 7 heteroatoms. The number of fused-ring (bicyclic) bond motifs is 1. The molecule has 3 aromatic rings. The van der Waals surface area contributed by atoms with Crippen LogP contribution < -0.4 is 11.0 Å². The van der Waals surface area contributed by atoms with Gasteiger partial charge in [-0.05, 0) is 43.2 Å². The molecule has 112 valence electrons. The molecule has 0 atom stereocenters. The molecule has 0 saturated carbocycles. The fourth-order valence-electron chi connectivity index (χ4n) is 2.16. The fraction of sp³-hybridized carbons (Fsp3) is 0.200. The predicted molar refractivity (Wildman–Crippen MR) is 80.7 cm³/mol. The van der Waals surface area contributed by atoms with Crippen LogP contribution >= 0.6 is 0 Å². The minimum atomic E-state index is -0.518. The second-order valence-corrected chi connectivity index (χ2v) is 5.08. The van der Waals surface area contributed by atoms with E-state index >= 15 is 0 Å². The third kappa shape index (κ3) is 2.73. The summed E-state index contributed by atoms with van der Waals surface area (Å²) in [5.74, 6) is 0.0000958. The van der Waals surface area contributed by atoms with Crippen molar-refractivity contribution in [3.63, 3.8) is 0 Å². The quantitative estimate of drug-likeness (QED) is 0.766. The Morgan fingerprint density at radius 1 is 1.32 bits per heavy atom. The van der Waals surface area contributed by atoms with E-state index in [4.69, 9.17) is 4.52 Å². The summed E-state index contributed by atoms with van der Waals surface area (Å²) in [4.78, 5) is 29.1. The Labute approximate surface area is 125 Å². The molecule has 0 fully saturated rings. The maximum atomic E-state index is 12.1. The van der Waals surface area contributed by atoms with Gasteiger partial charge in [0, 0.05) is 11.6 Å². The normalized spacial score (nSPS) is 10.8. The lowest BCUT2D eigenvalue weighted by molar-refractivity contribution is -0.115. The summed E-state index contributed by atoms with van der Waals surface area (Å²) in [5, 5.41) is 7.37. The number of anilines is 1. The lowest BCUT2D eigenvalue weighted by Crippen LogP contribution is -2.19. The van der Waals surface area contributed by atoms with Gasteiger partial charge in [-0.2, -0.15) is 0 Å². The zero-order valence-electron chi connectivity index (χ0n) is 12.1. The van der Waals surface area contributed by atoms with Crippen LogP contribution in [0.5, 0.6) is 0 Å². The number of amides is 1. The van der Waals surface area contributed by atoms with Crippen molar-refractivity contribution in [3.05, 3.63) is 51.7 Å². The van der Waals surface area contributed by atoms with Crippen molar-refractivity contribution < 1.29 is 9.32 Å². The summed E-state index contributed by atoms with van der Waals surface area (Å²) >= 11 is 0. The van der Waals surface area contributed by atoms with E-state index in [0.717, 1.165) is 16.5 Å². The van der Waals surface area contributed by atoms with Crippen LogP contribution in [0.25, 0.3) is 11.0 Å². The van der Waals surface area contributed by atoms with E-state index in [9.17, 15) is 9.59 Å². The highest BCUT2D eigenvalue weighted by atomic mass is 16.5. The van der Waals surface area contributed by atoms with Crippen molar-refractivity contribution in [2.24, 2.45) is 0 Å². The summed E-state index contributed by atoms with van der Waals surface area (Å²) < 4.78 is 5.26. The van der Waals surface area contributed by atoms with Gasteiger partial charge in [0.1, 0.15) is 11.5 Å². The number of nitrogens with one attached hydrogen (secondary N) is 2. The van der Waals surface area contributed by atoms with E-state index in [1.54, 1.807) is 0 Å². The van der Waals surface area contributed by atoms with Crippen molar-refractivity contribution in [1.82, 2.24) is 15.1 Å². The summed E-state index contributed by atoms with van der Waals surface area (Å²) in [6.45, 7) is 3.98. The summed E-state index contributed by atoms with van der Waals surface area (Å²) in [5.41, 5.74) is 2.91. The molecule has 0 radical (unpaired) electrons. The first-order valence-corrected chi connectivity index (χ1v) is 6.73. The second-order valence-electron chi connectivity index (χ2n) is 5.08. The SMILES string of the molecule is Cc1cc2onc(CC(=O)Nc3ccnc(=O)[nH]3)c2cc1C. The summed E-state index contributed by atoms with van der Waals surface area (Å²) in [6.07, 6.45) is 1.38. The lowest BCUT2D eigenvalue weighted by atomic mass is 10.1. The molecule has 0 saturated heterocycles. The largest absolute Gasteiger partial charge is 0.356 e. The Balaban J connectivity index is 1.82. The minimum absolute atomic E-state index is 0.0554. The number of rotatable bonds is 3. The molecule has 0 aliphatic carbocycles. The highest BCUT2D eigenvalue weighted by molar-refractivity contribution is 5.94. The number of aromatic nitrogens is 3. The molecule has 2 N–H and O–H groups in total. The molecule has 0 bridgehead atoms. The Hall–Kier alpha value is -2.96. The number of nitrogens with zero attached hydrogens (tertiary/aromatic N) is 2. The second kappa shape index (κ2) is 5.44. The highest BCUT2D eigenvalue weighted by Gasteiger charge is 2.14. The van der Waals surface area contributed by atoms with Gasteiger partial charge < -0.3 is 9.84 Å². The minimum Gasteiger partial charge on any atom is -0.356 e. The number of hydrogen-bond acceptors (Lipinski definition) is 5. The van der Waals surface area contributed by atoms with Crippen molar-refractivity contribution in [3.8, 4) is 0 Å². The number of hydrogen-bond donors (Lipinski definition) is 2.